The van der Waals surface area contributed by atoms with Gasteiger partial charge in [0.05, 0.1) is 11.1 Å². The van der Waals surface area contributed by atoms with Crippen molar-refractivity contribution in [3.8, 4) is 0 Å². The molecule has 0 N–H and O–H groups in total. The fourth-order valence-electron chi connectivity index (χ4n) is 3.59. The van der Waals surface area contributed by atoms with E-state index in [-0.39, 0.29) is 27.8 Å². The van der Waals surface area contributed by atoms with Gasteiger partial charge < -0.3 is 4.74 Å². The Morgan fingerprint density at radius 3 is 1.39 bits per heavy atom. The van der Waals surface area contributed by atoms with Gasteiger partial charge in [0.1, 0.15) is 5.41 Å². The van der Waals surface area contributed by atoms with Gasteiger partial charge in [-0.05, 0) is 41.0 Å². The van der Waals surface area contributed by atoms with Crippen LogP contribution in [-0.2, 0) is 10.2 Å². The molecule has 0 amide bonds. The summed E-state index contributed by atoms with van der Waals surface area (Å²) in [5.74, 6) is -1.84. The van der Waals surface area contributed by atoms with Gasteiger partial charge in [-0.2, -0.15) is 13.2 Å². The van der Waals surface area contributed by atoms with Crippen LogP contribution in [0.15, 0.2) is 78.9 Å². The van der Waals surface area contributed by atoms with Crippen LogP contribution in [-0.4, -0.2) is 18.1 Å². The molecule has 0 saturated heterocycles. The summed E-state index contributed by atoms with van der Waals surface area (Å²) in [7, 11) is 0. The highest BCUT2D eigenvalue weighted by atomic mass is 19.4. The zero-order valence-corrected chi connectivity index (χ0v) is 14.4. The van der Waals surface area contributed by atoms with Crippen LogP contribution in [0.5, 0.6) is 0 Å². The molecule has 0 radical (unpaired) electrons. The number of alkyl halides is 3. The molecule has 140 valence electrons. The molecule has 7 rings (SSSR count). The van der Waals surface area contributed by atoms with Crippen LogP contribution in [0.1, 0.15) is 37.4 Å². The Balaban J connectivity index is 2.12. The molecule has 0 unspecified atom stereocenters. The van der Waals surface area contributed by atoms with Gasteiger partial charge in [-0.15, -0.1) is 0 Å². The van der Waals surface area contributed by atoms with E-state index in [1.807, 2.05) is 0 Å². The molecule has 6 heteroatoms. The van der Waals surface area contributed by atoms with Crippen molar-refractivity contribution in [3.05, 3.63) is 107 Å². The Kier molecular flexibility index (Phi) is 4.07. The number of hydrogen-bond donors (Lipinski definition) is 0. The van der Waals surface area contributed by atoms with E-state index in [9.17, 15) is 22.8 Å². The van der Waals surface area contributed by atoms with Crippen molar-refractivity contribution < 1.29 is 27.5 Å². The monoisotopic (exact) mass is 382 g/mol. The smallest absolute Gasteiger partial charge is 0.386 e. The minimum absolute atomic E-state index is 0.00348. The second-order valence-electron chi connectivity index (χ2n) is 6.45. The molecule has 0 fully saturated rings. The summed E-state index contributed by atoms with van der Waals surface area (Å²) in [6.07, 6.45) is -4.69. The van der Waals surface area contributed by atoms with Crippen molar-refractivity contribution in [2.75, 3.05) is 0 Å². The zero-order chi connectivity index (χ0) is 19.9. The lowest BCUT2D eigenvalue weighted by Gasteiger charge is -2.37. The third kappa shape index (κ3) is 2.60. The maximum Gasteiger partial charge on any atom is 0.406 e. The van der Waals surface area contributed by atoms with E-state index in [1.54, 1.807) is 18.2 Å². The van der Waals surface area contributed by atoms with Crippen LogP contribution in [0.3, 0.4) is 0 Å². The summed E-state index contributed by atoms with van der Waals surface area (Å²) in [6, 6.07) is 17.5. The summed E-state index contributed by atoms with van der Waals surface area (Å²) in [5.41, 5.74) is -2.51. The molecule has 3 aromatic rings. The molecule has 0 aliphatic carbocycles. The molecule has 0 aromatic heterocycles. The van der Waals surface area contributed by atoms with Gasteiger partial charge >= 0.3 is 18.1 Å². The van der Waals surface area contributed by atoms with Gasteiger partial charge in [0.25, 0.3) is 0 Å². The standard InChI is InChI=1S/C22H13F3O3/c23-22(24,25)21(16-4-2-1-3-5-16)17-10-6-14(7-11-17)19(26)28-20(27)15-8-12-18(21)13-9-15/h1-13H. The first-order valence-electron chi connectivity index (χ1n) is 8.44. The van der Waals surface area contributed by atoms with Crippen molar-refractivity contribution in [1.82, 2.24) is 0 Å². The Morgan fingerprint density at radius 1 is 0.607 bits per heavy atom. The minimum Gasteiger partial charge on any atom is -0.386 e. The molecule has 3 nitrogen and oxygen atoms in total. The fourth-order valence-corrected chi connectivity index (χ4v) is 3.59. The minimum atomic E-state index is -4.69. The van der Waals surface area contributed by atoms with Crippen molar-refractivity contribution in [1.29, 1.82) is 0 Å². The first kappa shape index (κ1) is 18.0. The third-order valence-electron chi connectivity index (χ3n) is 4.92. The molecular formula is C22H13F3O3. The van der Waals surface area contributed by atoms with Crippen LogP contribution in [0, 0.1) is 0 Å². The van der Waals surface area contributed by atoms with Crippen molar-refractivity contribution in [2.45, 2.75) is 11.6 Å². The molecule has 0 spiro atoms. The summed E-state index contributed by atoms with van der Waals surface area (Å²) < 4.78 is 49.0. The molecule has 3 aromatic carbocycles. The number of carbonyl (C=O) groups is 2. The van der Waals surface area contributed by atoms with E-state index in [0.29, 0.717) is 0 Å². The largest absolute Gasteiger partial charge is 0.406 e. The quantitative estimate of drug-likeness (QED) is 0.444. The number of esters is 2. The first-order valence-corrected chi connectivity index (χ1v) is 8.44. The summed E-state index contributed by atoms with van der Waals surface area (Å²) in [6.45, 7) is 0. The second-order valence-corrected chi connectivity index (χ2v) is 6.45. The summed E-state index contributed by atoms with van der Waals surface area (Å²) >= 11 is 0. The Bertz CT molecular complexity index is 980. The normalized spacial score (nSPS) is 15.7. The number of rotatable bonds is 1. The van der Waals surface area contributed by atoms with Gasteiger partial charge in [-0.1, -0.05) is 54.6 Å². The van der Waals surface area contributed by atoms with Crippen LogP contribution < -0.4 is 0 Å². The first-order chi connectivity index (χ1) is 13.3. The maximum absolute atomic E-state index is 14.7. The summed E-state index contributed by atoms with van der Waals surface area (Å²) in [5, 5.41) is 0. The van der Waals surface area contributed by atoms with E-state index < -0.39 is 23.5 Å². The Morgan fingerprint density at radius 2 is 1.00 bits per heavy atom. The van der Waals surface area contributed by atoms with Crippen LogP contribution in [0.25, 0.3) is 0 Å². The Hall–Kier alpha value is -3.41. The van der Waals surface area contributed by atoms with Gasteiger partial charge in [0.2, 0.25) is 0 Å². The predicted octanol–water partition coefficient (Wildman–Crippen LogP) is 4.89. The highest BCUT2D eigenvalue weighted by Gasteiger charge is 2.58. The highest BCUT2D eigenvalue weighted by Crippen LogP contribution is 2.51. The SMILES string of the molecule is O=C1OC(=O)c2ccc(cc2)C(c2ccccc2)(C(F)(F)F)c2ccc1cc2. The van der Waals surface area contributed by atoms with E-state index in [2.05, 4.69) is 0 Å². The lowest BCUT2D eigenvalue weighted by atomic mass is 9.68. The van der Waals surface area contributed by atoms with E-state index in [1.165, 1.54) is 60.7 Å². The van der Waals surface area contributed by atoms with Gasteiger partial charge in [-0.25, -0.2) is 9.59 Å². The number of carbonyl (C=O) groups excluding carboxylic acids is 2. The van der Waals surface area contributed by atoms with Crippen LogP contribution >= 0.6 is 0 Å². The van der Waals surface area contributed by atoms with Crippen molar-refractivity contribution in [3.63, 3.8) is 0 Å². The lowest BCUT2D eigenvalue weighted by Crippen LogP contribution is -2.44. The molecule has 4 heterocycles. The van der Waals surface area contributed by atoms with Gasteiger partial charge in [-0.3, -0.25) is 0 Å². The van der Waals surface area contributed by atoms with Crippen LogP contribution in [0.4, 0.5) is 13.2 Å². The van der Waals surface area contributed by atoms with E-state index >= 15 is 0 Å². The second kappa shape index (κ2) is 6.34. The predicted molar refractivity (Wildman–Crippen MR) is 95.0 cm³/mol. The van der Waals surface area contributed by atoms with Crippen molar-refractivity contribution in [2.24, 2.45) is 0 Å². The van der Waals surface area contributed by atoms with E-state index in [4.69, 9.17) is 4.74 Å². The van der Waals surface area contributed by atoms with Crippen molar-refractivity contribution >= 4 is 11.9 Å². The molecule has 4 aliphatic heterocycles. The number of halogens is 3. The maximum atomic E-state index is 14.7. The Labute approximate surface area is 158 Å². The average molecular weight is 382 g/mol. The van der Waals surface area contributed by atoms with Gasteiger partial charge in [0.15, 0.2) is 0 Å². The van der Waals surface area contributed by atoms with Crippen LogP contribution in [0.2, 0.25) is 0 Å². The molecule has 4 bridgehead atoms. The number of ether oxygens (including phenoxy) is 1. The molecule has 0 saturated carbocycles. The topological polar surface area (TPSA) is 43.4 Å². The molecule has 28 heavy (non-hydrogen) atoms. The average Bonchev–Trinajstić information content (AvgIpc) is 2.68. The fraction of sp³-hybridized carbons (Fsp3) is 0.0909. The molecule has 0 atom stereocenters. The molecule has 4 aliphatic rings. The highest BCUT2D eigenvalue weighted by molar-refractivity contribution is 6.02. The summed E-state index contributed by atoms with van der Waals surface area (Å²) in [4.78, 5) is 24.2. The van der Waals surface area contributed by atoms with Gasteiger partial charge in [0, 0.05) is 0 Å². The van der Waals surface area contributed by atoms with E-state index in [0.717, 1.165) is 0 Å². The third-order valence-corrected chi connectivity index (χ3v) is 4.92. The molecular weight excluding hydrogens is 369 g/mol. The lowest BCUT2D eigenvalue weighted by molar-refractivity contribution is -0.166. The zero-order valence-electron chi connectivity index (χ0n) is 14.4. The number of hydrogen-bond acceptors (Lipinski definition) is 3. The number of benzene rings is 3.